The zero-order chi connectivity index (χ0) is 23.5. The summed E-state index contributed by atoms with van der Waals surface area (Å²) in [5.41, 5.74) is 4.88. The highest BCUT2D eigenvalue weighted by Gasteiger charge is 2.10. The number of H-pyrrole nitrogens is 1. The smallest absolute Gasteiger partial charge is 0.255 e. The van der Waals surface area contributed by atoms with Gasteiger partial charge in [-0.15, -0.1) is 0 Å². The zero-order valence-electron chi connectivity index (χ0n) is 17.9. The number of carbonyl (C=O) groups excluding carboxylic acids is 2. The lowest BCUT2D eigenvalue weighted by atomic mass is 10.1. The van der Waals surface area contributed by atoms with Crippen molar-refractivity contribution in [1.29, 1.82) is 0 Å². The number of halogens is 1. The average molecular weight is 467 g/mol. The highest BCUT2D eigenvalue weighted by Crippen LogP contribution is 2.25. The van der Waals surface area contributed by atoms with Gasteiger partial charge in [0.2, 0.25) is 0 Å². The van der Waals surface area contributed by atoms with E-state index in [-0.39, 0.29) is 11.8 Å². The topological polar surface area (TPSA) is 86.9 Å². The largest absolute Gasteiger partial charge is 0.338 e. The monoisotopic (exact) mass is 466 g/mol. The number of anilines is 2. The molecule has 2 amide bonds. The van der Waals surface area contributed by atoms with E-state index in [2.05, 4.69) is 20.6 Å². The molecule has 5 aromatic rings. The maximum absolute atomic E-state index is 12.4. The lowest BCUT2D eigenvalue weighted by molar-refractivity contribution is 0.101. The Morgan fingerprint density at radius 3 is 2.15 bits per heavy atom. The van der Waals surface area contributed by atoms with E-state index in [9.17, 15) is 9.59 Å². The third-order valence-electron chi connectivity index (χ3n) is 5.28. The van der Waals surface area contributed by atoms with E-state index in [0.717, 1.165) is 16.6 Å². The van der Waals surface area contributed by atoms with Crippen molar-refractivity contribution in [3.8, 4) is 11.4 Å². The Balaban J connectivity index is 1.31. The summed E-state index contributed by atoms with van der Waals surface area (Å²) in [5, 5.41) is 6.28. The highest BCUT2D eigenvalue weighted by molar-refractivity contribution is 6.31. The van der Waals surface area contributed by atoms with Crippen LogP contribution in [0.2, 0.25) is 5.02 Å². The number of hydrogen-bond acceptors (Lipinski definition) is 3. The number of nitrogens with zero attached hydrogens (tertiary/aromatic N) is 1. The quantitative estimate of drug-likeness (QED) is 0.280. The first-order valence-electron chi connectivity index (χ1n) is 10.6. The van der Waals surface area contributed by atoms with Crippen LogP contribution in [0, 0.1) is 0 Å². The van der Waals surface area contributed by atoms with Crippen LogP contribution in [0.4, 0.5) is 11.4 Å². The molecule has 34 heavy (non-hydrogen) atoms. The number of carbonyl (C=O) groups is 2. The fraction of sp³-hybridized carbons (Fsp3) is 0. The van der Waals surface area contributed by atoms with E-state index < -0.39 is 0 Å². The van der Waals surface area contributed by atoms with Crippen LogP contribution in [0.15, 0.2) is 97.1 Å². The molecule has 166 valence electrons. The first-order valence-corrected chi connectivity index (χ1v) is 11.0. The molecule has 0 aliphatic carbocycles. The number of rotatable bonds is 5. The number of hydrogen-bond donors (Lipinski definition) is 3. The summed E-state index contributed by atoms with van der Waals surface area (Å²) in [7, 11) is 0. The van der Waals surface area contributed by atoms with Crippen LogP contribution in [0.5, 0.6) is 0 Å². The predicted octanol–water partition coefficient (Wildman–Crippen LogP) is 6.39. The minimum absolute atomic E-state index is 0.171. The molecule has 4 aromatic carbocycles. The third-order valence-corrected chi connectivity index (χ3v) is 5.51. The average Bonchev–Trinajstić information content (AvgIpc) is 3.28. The van der Waals surface area contributed by atoms with Crippen molar-refractivity contribution in [2.45, 2.75) is 0 Å². The number of amides is 2. The van der Waals surface area contributed by atoms with Gasteiger partial charge in [-0.3, -0.25) is 9.59 Å². The second kappa shape index (κ2) is 9.21. The number of nitrogens with one attached hydrogen (secondary N) is 3. The lowest BCUT2D eigenvalue weighted by Gasteiger charge is -2.06. The molecule has 0 bridgehead atoms. The second-order valence-electron chi connectivity index (χ2n) is 7.68. The number of aromatic nitrogens is 2. The summed E-state index contributed by atoms with van der Waals surface area (Å²) in [5.74, 6) is 0.286. The van der Waals surface area contributed by atoms with Crippen molar-refractivity contribution >= 4 is 45.8 Å². The summed E-state index contributed by atoms with van der Waals surface area (Å²) in [6, 6.07) is 28.8. The standard InChI is InChI=1S/C27H19ClN4O2/c28-20-8-4-7-19(15-20)27(34)29-21-11-9-17(10-12-21)25-31-23-14-13-22(16-24(23)32-25)30-26(33)18-5-2-1-3-6-18/h1-16H,(H,29,34)(H,30,33)(H,31,32). The van der Waals surface area contributed by atoms with Gasteiger partial charge in [0.25, 0.3) is 11.8 Å². The molecule has 0 fully saturated rings. The van der Waals surface area contributed by atoms with Gasteiger partial charge in [-0.2, -0.15) is 0 Å². The fourth-order valence-corrected chi connectivity index (χ4v) is 3.75. The molecule has 0 aliphatic rings. The van der Waals surface area contributed by atoms with Gasteiger partial charge in [0.05, 0.1) is 11.0 Å². The Labute approximate surface area is 200 Å². The number of aromatic amines is 1. The van der Waals surface area contributed by atoms with Gasteiger partial charge < -0.3 is 15.6 Å². The summed E-state index contributed by atoms with van der Waals surface area (Å²) >= 11 is 5.97. The van der Waals surface area contributed by atoms with Gasteiger partial charge in [0.1, 0.15) is 5.82 Å². The van der Waals surface area contributed by atoms with Crippen LogP contribution in [-0.2, 0) is 0 Å². The molecular weight excluding hydrogens is 448 g/mol. The van der Waals surface area contributed by atoms with Crippen molar-refractivity contribution in [2.75, 3.05) is 10.6 Å². The van der Waals surface area contributed by atoms with Crippen LogP contribution in [0.3, 0.4) is 0 Å². The summed E-state index contributed by atoms with van der Waals surface area (Å²) < 4.78 is 0. The maximum Gasteiger partial charge on any atom is 0.255 e. The lowest BCUT2D eigenvalue weighted by Crippen LogP contribution is -2.11. The normalized spacial score (nSPS) is 10.7. The van der Waals surface area contributed by atoms with E-state index in [4.69, 9.17) is 11.6 Å². The zero-order valence-corrected chi connectivity index (χ0v) is 18.6. The molecule has 3 N–H and O–H groups in total. The van der Waals surface area contributed by atoms with Crippen molar-refractivity contribution in [1.82, 2.24) is 9.97 Å². The molecule has 0 aliphatic heterocycles. The van der Waals surface area contributed by atoms with Gasteiger partial charge in [0, 0.05) is 33.1 Å². The fourth-order valence-electron chi connectivity index (χ4n) is 3.56. The molecule has 6 nitrogen and oxygen atoms in total. The van der Waals surface area contributed by atoms with E-state index in [0.29, 0.717) is 33.3 Å². The van der Waals surface area contributed by atoms with Gasteiger partial charge in [-0.05, 0) is 72.8 Å². The second-order valence-corrected chi connectivity index (χ2v) is 8.12. The molecule has 0 atom stereocenters. The van der Waals surface area contributed by atoms with Crippen LogP contribution in [0.25, 0.3) is 22.4 Å². The number of fused-ring (bicyclic) bond motifs is 1. The van der Waals surface area contributed by atoms with Crippen LogP contribution < -0.4 is 10.6 Å². The SMILES string of the molecule is O=C(Nc1ccc2nc(-c3ccc(NC(=O)c4cccc(Cl)c4)cc3)[nH]c2c1)c1ccccc1. The third kappa shape index (κ3) is 4.67. The van der Waals surface area contributed by atoms with Gasteiger partial charge >= 0.3 is 0 Å². The van der Waals surface area contributed by atoms with E-state index in [1.54, 1.807) is 36.4 Å². The Bertz CT molecular complexity index is 1490. The molecule has 5 rings (SSSR count). The molecule has 1 heterocycles. The highest BCUT2D eigenvalue weighted by atomic mass is 35.5. The van der Waals surface area contributed by atoms with Crippen LogP contribution in [0.1, 0.15) is 20.7 Å². The van der Waals surface area contributed by atoms with Crippen molar-refractivity contribution in [3.05, 3.63) is 113 Å². The molecule has 0 saturated heterocycles. The Kier molecular flexibility index (Phi) is 5.81. The van der Waals surface area contributed by atoms with Crippen LogP contribution in [-0.4, -0.2) is 21.8 Å². The molecule has 0 radical (unpaired) electrons. The summed E-state index contributed by atoms with van der Waals surface area (Å²) in [4.78, 5) is 32.8. The number of benzene rings is 4. The minimum Gasteiger partial charge on any atom is -0.338 e. The van der Waals surface area contributed by atoms with E-state index >= 15 is 0 Å². The molecule has 0 saturated carbocycles. The Hall–Kier alpha value is -4.42. The molecule has 0 spiro atoms. The van der Waals surface area contributed by atoms with Gasteiger partial charge in [-0.1, -0.05) is 35.9 Å². The van der Waals surface area contributed by atoms with Gasteiger partial charge in [0.15, 0.2) is 0 Å². The Morgan fingerprint density at radius 2 is 1.38 bits per heavy atom. The first-order chi connectivity index (χ1) is 16.5. The van der Waals surface area contributed by atoms with Crippen molar-refractivity contribution in [3.63, 3.8) is 0 Å². The summed E-state index contributed by atoms with van der Waals surface area (Å²) in [6.45, 7) is 0. The first kappa shape index (κ1) is 21.4. The minimum atomic E-state index is -0.232. The molecule has 1 aromatic heterocycles. The van der Waals surface area contributed by atoms with E-state index in [1.165, 1.54) is 0 Å². The Morgan fingerprint density at radius 1 is 0.706 bits per heavy atom. The molecule has 0 unspecified atom stereocenters. The molecular formula is C27H19ClN4O2. The van der Waals surface area contributed by atoms with Crippen molar-refractivity contribution in [2.24, 2.45) is 0 Å². The van der Waals surface area contributed by atoms with Gasteiger partial charge in [-0.25, -0.2) is 4.98 Å². The van der Waals surface area contributed by atoms with E-state index in [1.807, 2.05) is 60.7 Å². The van der Waals surface area contributed by atoms with Crippen LogP contribution >= 0.6 is 11.6 Å². The summed E-state index contributed by atoms with van der Waals surface area (Å²) in [6.07, 6.45) is 0. The molecule has 7 heteroatoms. The van der Waals surface area contributed by atoms with Crippen molar-refractivity contribution < 1.29 is 9.59 Å². The number of imidazole rings is 1. The maximum atomic E-state index is 12.4. The predicted molar refractivity (Wildman–Crippen MR) is 135 cm³/mol.